The van der Waals surface area contributed by atoms with Crippen molar-refractivity contribution >= 4 is 23.2 Å². The van der Waals surface area contributed by atoms with Crippen molar-refractivity contribution in [3.05, 3.63) is 33.8 Å². The Labute approximate surface area is 95.2 Å². The first-order chi connectivity index (χ1) is 6.65. The fraction of sp³-hybridized carbons (Fsp3) is 0.455. The fourth-order valence-corrected chi connectivity index (χ4v) is 1.93. The number of benzene rings is 1. The van der Waals surface area contributed by atoms with Crippen molar-refractivity contribution < 1.29 is 0 Å². The van der Waals surface area contributed by atoms with Gasteiger partial charge in [-0.15, -0.1) is 0 Å². The third kappa shape index (κ3) is 3.16. The zero-order valence-corrected chi connectivity index (χ0v) is 9.78. The number of hydrogen-bond acceptors (Lipinski definition) is 1. The fourth-order valence-electron chi connectivity index (χ4n) is 1.38. The lowest BCUT2D eigenvalue weighted by Gasteiger charge is -2.13. The first-order valence-electron chi connectivity index (χ1n) is 4.85. The van der Waals surface area contributed by atoms with E-state index < -0.39 is 0 Å². The molecule has 0 aliphatic heterocycles. The van der Waals surface area contributed by atoms with Gasteiger partial charge in [-0.25, -0.2) is 0 Å². The molecule has 0 amide bonds. The third-order valence-corrected chi connectivity index (χ3v) is 2.79. The molecule has 0 radical (unpaired) electrons. The summed E-state index contributed by atoms with van der Waals surface area (Å²) in [5.41, 5.74) is 6.99. The smallest absolute Gasteiger partial charge is 0.0468 e. The third-order valence-electron chi connectivity index (χ3n) is 2.23. The Morgan fingerprint density at radius 2 is 2.07 bits per heavy atom. The van der Waals surface area contributed by atoms with Crippen LogP contribution >= 0.6 is 23.2 Å². The van der Waals surface area contributed by atoms with Crippen LogP contribution in [0.1, 0.15) is 37.8 Å². The normalized spacial score (nSPS) is 12.9. The molecule has 0 aromatic heterocycles. The van der Waals surface area contributed by atoms with E-state index in [0.29, 0.717) is 10.0 Å². The average molecular weight is 232 g/mol. The summed E-state index contributed by atoms with van der Waals surface area (Å²) in [6.45, 7) is 2.15. The van der Waals surface area contributed by atoms with Gasteiger partial charge in [-0.3, -0.25) is 0 Å². The van der Waals surface area contributed by atoms with E-state index in [-0.39, 0.29) is 6.04 Å². The van der Waals surface area contributed by atoms with E-state index in [2.05, 4.69) is 6.92 Å². The van der Waals surface area contributed by atoms with Crippen LogP contribution in [0, 0.1) is 0 Å². The van der Waals surface area contributed by atoms with E-state index >= 15 is 0 Å². The molecule has 1 unspecified atom stereocenters. The van der Waals surface area contributed by atoms with Crippen LogP contribution in [0.3, 0.4) is 0 Å². The van der Waals surface area contributed by atoms with Crippen LogP contribution in [0.5, 0.6) is 0 Å². The second-order valence-corrected chi connectivity index (χ2v) is 4.26. The van der Waals surface area contributed by atoms with Crippen LogP contribution in [0.2, 0.25) is 10.0 Å². The lowest BCUT2D eigenvalue weighted by atomic mass is 10.0. The highest BCUT2D eigenvalue weighted by molar-refractivity contribution is 6.35. The lowest BCUT2D eigenvalue weighted by molar-refractivity contribution is 0.603. The molecule has 1 aromatic carbocycles. The number of nitrogens with two attached hydrogens (primary N) is 1. The summed E-state index contributed by atoms with van der Waals surface area (Å²) in [5, 5.41) is 1.32. The summed E-state index contributed by atoms with van der Waals surface area (Å²) in [6, 6.07) is 5.50. The second-order valence-electron chi connectivity index (χ2n) is 3.41. The molecule has 0 saturated carbocycles. The molecule has 0 spiro atoms. The summed E-state index contributed by atoms with van der Waals surface area (Å²) in [4.78, 5) is 0. The molecular formula is C11H15Cl2N. The standard InChI is InChI=1S/C11H15Cl2N/c1-2-3-4-11(14)9-6-5-8(12)7-10(9)13/h5-7,11H,2-4,14H2,1H3. The Balaban J connectivity index is 2.74. The van der Waals surface area contributed by atoms with Gasteiger partial charge in [0.2, 0.25) is 0 Å². The minimum atomic E-state index is 0.0275. The van der Waals surface area contributed by atoms with Crippen molar-refractivity contribution in [2.45, 2.75) is 32.2 Å². The molecule has 2 N–H and O–H groups in total. The summed E-state index contributed by atoms with van der Waals surface area (Å²) < 4.78 is 0. The molecule has 1 aromatic rings. The molecule has 0 saturated heterocycles. The average Bonchev–Trinajstić information content (AvgIpc) is 2.14. The minimum Gasteiger partial charge on any atom is -0.324 e. The predicted octanol–water partition coefficient (Wildman–Crippen LogP) is 4.18. The monoisotopic (exact) mass is 231 g/mol. The van der Waals surface area contributed by atoms with E-state index in [1.807, 2.05) is 12.1 Å². The molecule has 0 heterocycles. The van der Waals surface area contributed by atoms with Crippen molar-refractivity contribution in [2.75, 3.05) is 0 Å². The maximum Gasteiger partial charge on any atom is 0.0468 e. The van der Waals surface area contributed by atoms with Gasteiger partial charge in [-0.1, -0.05) is 49.0 Å². The largest absolute Gasteiger partial charge is 0.324 e. The van der Waals surface area contributed by atoms with Gasteiger partial charge in [0.15, 0.2) is 0 Å². The van der Waals surface area contributed by atoms with Crippen molar-refractivity contribution in [1.82, 2.24) is 0 Å². The van der Waals surface area contributed by atoms with Gasteiger partial charge in [0.05, 0.1) is 0 Å². The Morgan fingerprint density at radius 3 is 2.64 bits per heavy atom. The minimum absolute atomic E-state index is 0.0275. The molecular weight excluding hydrogens is 217 g/mol. The van der Waals surface area contributed by atoms with Gasteiger partial charge in [-0.2, -0.15) is 0 Å². The molecule has 14 heavy (non-hydrogen) atoms. The van der Waals surface area contributed by atoms with Gasteiger partial charge in [0.25, 0.3) is 0 Å². The Morgan fingerprint density at radius 1 is 1.36 bits per heavy atom. The Bertz CT molecular complexity index is 299. The molecule has 0 aliphatic rings. The van der Waals surface area contributed by atoms with E-state index in [1.54, 1.807) is 6.07 Å². The lowest BCUT2D eigenvalue weighted by Crippen LogP contribution is -2.10. The molecule has 0 aliphatic carbocycles. The number of hydrogen-bond donors (Lipinski definition) is 1. The Kier molecular flexibility index (Phi) is 4.73. The Hall–Kier alpha value is -0.240. The van der Waals surface area contributed by atoms with Crippen LogP contribution in [0.4, 0.5) is 0 Å². The van der Waals surface area contributed by atoms with Crippen molar-refractivity contribution in [1.29, 1.82) is 0 Å². The predicted molar refractivity (Wildman–Crippen MR) is 62.9 cm³/mol. The summed E-state index contributed by atoms with van der Waals surface area (Å²) >= 11 is 11.8. The summed E-state index contributed by atoms with van der Waals surface area (Å²) in [7, 11) is 0. The maximum atomic E-state index is 6.04. The van der Waals surface area contributed by atoms with E-state index in [1.165, 1.54) is 0 Å². The van der Waals surface area contributed by atoms with Gasteiger partial charge in [-0.05, 0) is 24.1 Å². The number of halogens is 2. The highest BCUT2D eigenvalue weighted by atomic mass is 35.5. The maximum absolute atomic E-state index is 6.04. The second kappa shape index (κ2) is 5.59. The highest BCUT2D eigenvalue weighted by Crippen LogP contribution is 2.27. The molecule has 1 rings (SSSR count). The summed E-state index contributed by atoms with van der Waals surface area (Å²) in [5.74, 6) is 0. The number of rotatable bonds is 4. The molecule has 1 nitrogen and oxygen atoms in total. The van der Waals surface area contributed by atoms with Gasteiger partial charge >= 0.3 is 0 Å². The van der Waals surface area contributed by atoms with Crippen LogP contribution in [-0.4, -0.2) is 0 Å². The quantitative estimate of drug-likeness (QED) is 0.827. The first-order valence-corrected chi connectivity index (χ1v) is 5.61. The zero-order chi connectivity index (χ0) is 10.6. The SMILES string of the molecule is CCCCC(N)c1ccc(Cl)cc1Cl. The molecule has 1 atom stereocenters. The van der Waals surface area contributed by atoms with E-state index in [0.717, 1.165) is 24.8 Å². The first kappa shape index (κ1) is 11.8. The molecule has 0 fully saturated rings. The van der Waals surface area contributed by atoms with Crippen molar-refractivity contribution in [3.8, 4) is 0 Å². The zero-order valence-electron chi connectivity index (χ0n) is 8.26. The van der Waals surface area contributed by atoms with Crippen molar-refractivity contribution in [3.63, 3.8) is 0 Å². The van der Waals surface area contributed by atoms with Crippen LogP contribution in [0.15, 0.2) is 18.2 Å². The molecule has 78 valence electrons. The van der Waals surface area contributed by atoms with Crippen LogP contribution < -0.4 is 5.73 Å². The van der Waals surface area contributed by atoms with Crippen molar-refractivity contribution in [2.24, 2.45) is 5.73 Å². The topological polar surface area (TPSA) is 26.0 Å². The van der Waals surface area contributed by atoms with Gasteiger partial charge in [0, 0.05) is 16.1 Å². The van der Waals surface area contributed by atoms with E-state index in [4.69, 9.17) is 28.9 Å². The molecule has 3 heteroatoms. The van der Waals surface area contributed by atoms with Crippen LogP contribution in [0.25, 0.3) is 0 Å². The van der Waals surface area contributed by atoms with Gasteiger partial charge in [0.1, 0.15) is 0 Å². The molecule has 0 bridgehead atoms. The van der Waals surface area contributed by atoms with E-state index in [9.17, 15) is 0 Å². The highest BCUT2D eigenvalue weighted by Gasteiger charge is 2.09. The van der Waals surface area contributed by atoms with Crippen LogP contribution in [-0.2, 0) is 0 Å². The van der Waals surface area contributed by atoms with Gasteiger partial charge < -0.3 is 5.73 Å². The number of unbranched alkanes of at least 4 members (excludes halogenated alkanes) is 1. The summed E-state index contributed by atoms with van der Waals surface area (Å²) in [6.07, 6.45) is 3.25.